The third-order valence-corrected chi connectivity index (χ3v) is 3.44. The van der Waals surface area contributed by atoms with Crippen LogP contribution in [0.25, 0.3) is 0 Å². The molecule has 1 aromatic heterocycles. The van der Waals surface area contributed by atoms with Gasteiger partial charge in [0.15, 0.2) is 5.69 Å². The molecule has 0 aromatic carbocycles. The summed E-state index contributed by atoms with van der Waals surface area (Å²) in [7, 11) is 0. The lowest BCUT2D eigenvalue weighted by Crippen LogP contribution is -2.56. The van der Waals surface area contributed by atoms with Crippen molar-refractivity contribution in [1.82, 2.24) is 20.2 Å². The fourth-order valence-corrected chi connectivity index (χ4v) is 2.14. The van der Waals surface area contributed by atoms with E-state index in [0.717, 1.165) is 0 Å². The number of rotatable bonds is 3. The van der Waals surface area contributed by atoms with Crippen molar-refractivity contribution < 1.29 is 9.59 Å². The summed E-state index contributed by atoms with van der Waals surface area (Å²) in [6.07, 6.45) is 1.49. The van der Waals surface area contributed by atoms with Crippen molar-refractivity contribution >= 4 is 17.5 Å². The summed E-state index contributed by atoms with van der Waals surface area (Å²) in [6, 6.07) is -0.533. The Morgan fingerprint density at radius 3 is 2.90 bits per heavy atom. The highest BCUT2D eigenvalue weighted by Crippen LogP contribution is 2.19. The van der Waals surface area contributed by atoms with E-state index >= 15 is 0 Å². The lowest BCUT2D eigenvalue weighted by Gasteiger charge is -2.32. The number of nitrogens with two attached hydrogens (primary N) is 1. The van der Waals surface area contributed by atoms with E-state index in [0.29, 0.717) is 24.6 Å². The predicted molar refractivity (Wildman–Crippen MR) is 77.4 cm³/mol. The van der Waals surface area contributed by atoms with Crippen LogP contribution in [0, 0.1) is 0 Å². The molecule has 1 aromatic rings. The maximum Gasteiger partial charge on any atom is 0.275 e. The topological polar surface area (TPSA) is 113 Å². The monoisotopic (exact) mass is 292 g/mol. The van der Waals surface area contributed by atoms with Crippen LogP contribution >= 0.6 is 0 Å². The number of piperazine rings is 1. The second-order valence-electron chi connectivity index (χ2n) is 5.26. The minimum atomic E-state index is -0.533. The number of carbonyl (C=O) groups is 2. The fraction of sp³-hybridized carbons (Fsp3) is 0.538. The summed E-state index contributed by atoms with van der Waals surface area (Å²) in [5, 5.41) is 2.72. The Bertz CT molecular complexity index is 560. The molecule has 114 valence electrons. The first-order chi connectivity index (χ1) is 9.95. The number of hydrazine groups is 1. The first-order valence-electron chi connectivity index (χ1n) is 6.88. The molecule has 2 rings (SSSR count). The van der Waals surface area contributed by atoms with Gasteiger partial charge in [-0.25, -0.2) is 9.97 Å². The molecule has 1 aliphatic rings. The third kappa shape index (κ3) is 2.94. The van der Waals surface area contributed by atoms with Gasteiger partial charge in [-0.1, -0.05) is 13.8 Å². The molecule has 2 heterocycles. The summed E-state index contributed by atoms with van der Waals surface area (Å²) in [5.41, 5.74) is 2.98. The molecule has 1 atom stereocenters. The molecule has 4 N–H and O–H groups in total. The maximum absolute atomic E-state index is 12.7. The molecule has 8 heteroatoms. The van der Waals surface area contributed by atoms with Gasteiger partial charge in [0.2, 0.25) is 5.91 Å². The molecule has 21 heavy (non-hydrogen) atoms. The van der Waals surface area contributed by atoms with Crippen LogP contribution in [0.5, 0.6) is 0 Å². The molecule has 1 unspecified atom stereocenters. The van der Waals surface area contributed by atoms with E-state index in [4.69, 9.17) is 5.84 Å². The second-order valence-corrected chi connectivity index (χ2v) is 5.26. The van der Waals surface area contributed by atoms with Crippen LogP contribution in [0.4, 0.5) is 5.69 Å². The number of amides is 2. The van der Waals surface area contributed by atoms with Crippen LogP contribution in [0.1, 0.15) is 43.0 Å². The van der Waals surface area contributed by atoms with E-state index in [1.54, 1.807) is 6.92 Å². The van der Waals surface area contributed by atoms with Gasteiger partial charge in [-0.3, -0.25) is 15.4 Å². The van der Waals surface area contributed by atoms with Gasteiger partial charge in [-0.15, -0.1) is 0 Å². The van der Waals surface area contributed by atoms with Crippen molar-refractivity contribution in [3.63, 3.8) is 0 Å². The molecule has 0 bridgehead atoms. The molecule has 0 saturated carbocycles. The summed E-state index contributed by atoms with van der Waals surface area (Å²) in [5.74, 6) is 5.58. The second kappa shape index (κ2) is 6.04. The van der Waals surface area contributed by atoms with Gasteiger partial charge in [0.05, 0.1) is 11.9 Å². The number of anilines is 1. The van der Waals surface area contributed by atoms with Crippen molar-refractivity contribution in [3.05, 3.63) is 17.7 Å². The molecule has 1 saturated heterocycles. The van der Waals surface area contributed by atoms with Gasteiger partial charge in [0.25, 0.3) is 5.91 Å². The lowest BCUT2D eigenvalue weighted by molar-refractivity contribution is -0.127. The first-order valence-corrected chi connectivity index (χ1v) is 6.88. The molecule has 0 spiro atoms. The van der Waals surface area contributed by atoms with E-state index in [2.05, 4.69) is 20.7 Å². The van der Waals surface area contributed by atoms with Gasteiger partial charge in [0, 0.05) is 19.0 Å². The molecule has 1 fully saturated rings. The summed E-state index contributed by atoms with van der Waals surface area (Å²) in [4.78, 5) is 34.3. The number of carbonyl (C=O) groups excluding carboxylic acids is 2. The summed E-state index contributed by atoms with van der Waals surface area (Å²) in [6.45, 7) is 6.44. The Morgan fingerprint density at radius 1 is 1.57 bits per heavy atom. The molecule has 2 amide bonds. The number of hydrogen-bond donors (Lipinski definition) is 3. The highest BCUT2D eigenvalue weighted by molar-refractivity contribution is 6.00. The van der Waals surface area contributed by atoms with Crippen molar-refractivity contribution in [2.24, 2.45) is 5.84 Å². The highest BCUT2D eigenvalue weighted by Gasteiger charge is 2.32. The van der Waals surface area contributed by atoms with Gasteiger partial charge in [0.1, 0.15) is 11.9 Å². The Hall–Kier alpha value is -2.22. The van der Waals surface area contributed by atoms with Crippen LogP contribution in [-0.4, -0.2) is 45.8 Å². The Labute approximate surface area is 123 Å². The summed E-state index contributed by atoms with van der Waals surface area (Å²) < 4.78 is 0. The van der Waals surface area contributed by atoms with Crippen LogP contribution < -0.4 is 16.6 Å². The smallest absolute Gasteiger partial charge is 0.275 e. The van der Waals surface area contributed by atoms with Gasteiger partial charge < -0.3 is 15.6 Å². The average Bonchev–Trinajstić information content (AvgIpc) is 2.48. The van der Waals surface area contributed by atoms with Crippen LogP contribution in [0.3, 0.4) is 0 Å². The van der Waals surface area contributed by atoms with Crippen LogP contribution in [0.2, 0.25) is 0 Å². The first kappa shape index (κ1) is 15.2. The van der Waals surface area contributed by atoms with Crippen LogP contribution in [0.15, 0.2) is 6.20 Å². The zero-order valence-corrected chi connectivity index (χ0v) is 12.4. The standard InChI is InChI=1S/C13H20N6O2/c1-7(2)11-16-6-9(18-14)10(17-11)13(21)19-5-4-15-12(20)8(19)3/h6-8,18H,4-5,14H2,1-3H3,(H,15,20). The van der Waals surface area contributed by atoms with Crippen molar-refractivity contribution in [2.75, 3.05) is 18.5 Å². The number of hydrogen-bond acceptors (Lipinski definition) is 6. The Balaban J connectivity index is 2.37. The minimum absolute atomic E-state index is 0.0884. The SMILES string of the molecule is CC(C)c1ncc(NN)c(C(=O)N2CCNC(=O)C2C)n1. The van der Waals surface area contributed by atoms with Gasteiger partial charge in [-0.2, -0.15) is 0 Å². The van der Waals surface area contributed by atoms with E-state index < -0.39 is 6.04 Å². The predicted octanol–water partition coefficient (Wildman–Crippen LogP) is -0.154. The van der Waals surface area contributed by atoms with Crippen molar-refractivity contribution in [3.8, 4) is 0 Å². The fourth-order valence-electron chi connectivity index (χ4n) is 2.14. The molecule has 0 radical (unpaired) electrons. The Morgan fingerprint density at radius 2 is 2.29 bits per heavy atom. The molecule has 8 nitrogen and oxygen atoms in total. The van der Waals surface area contributed by atoms with Crippen molar-refractivity contribution in [1.29, 1.82) is 0 Å². The normalized spacial score (nSPS) is 18.6. The van der Waals surface area contributed by atoms with Crippen molar-refractivity contribution in [2.45, 2.75) is 32.7 Å². The number of nitrogens with one attached hydrogen (secondary N) is 2. The zero-order valence-electron chi connectivity index (χ0n) is 12.4. The van der Waals surface area contributed by atoms with Gasteiger partial charge >= 0.3 is 0 Å². The number of nitrogen functional groups attached to an aromatic ring is 1. The van der Waals surface area contributed by atoms with E-state index in [9.17, 15) is 9.59 Å². The highest BCUT2D eigenvalue weighted by atomic mass is 16.2. The summed E-state index contributed by atoms with van der Waals surface area (Å²) >= 11 is 0. The molecule has 1 aliphatic heterocycles. The molecular formula is C13H20N6O2. The number of nitrogens with zero attached hydrogens (tertiary/aromatic N) is 3. The average molecular weight is 292 g/mol. The third-order valence-electron chi connectivity index (χ3n) is 3.44. The molecular weight excluding hydrogens is 272 g/mol. The molecule has 0 aliphatic carbocycles. The van der Waals surface area contributed by atoms with Gasteiger partial charge in [-0.05, 0) is 6.92 Å². The largest absolute Gasteiger partial charge is 0.353 e. The van der Waals surface area contributed by atoms with Crippen LogP contribution in [-0.2, 0) is 4.79 Å². The Kier molecular flexibility index (Phi) is 4.37. The van der Waals surface area contributed by atoms with E-state index in [-0.39, 0.29) is 23.4 Å². The quantitative estimate of drug-likeness (QED) is 0.527. The maximum atomic E-state index is 12.7. The lowest BCUT2D eigenvalue weighted by atomic mass is 10.1. The van der Waals surface area contributed by atoms with E-state index in [1.807, 2.05) is 13.8 Å². The zero-order chi connectivity index (χ0) is 15.6. The number of aromatic nitrogens is 2. The minimum Gasteiger partial charge on any atom is -0.353 e. The van der Waals surface area contributed by atoms with E-state index in [1.165, 1.54) is 11.1 Å².